The second-order valence-electron chi connectivity index (χ2n) is 7.08. The number of hydrogen-bond acceptors (Lipinski definition) is 6. The molecule has 8 heteroatoms. The zero-order chi connectivity index (χ0) is 23.0. The number of nitrogens with one attached hydrogen (secondary N) is 2. The van der Waals surface area contributed by atoms with Gasteiger partial charge in [-0.05, 0) is 37.3 Å². The molecule has 170 valence electrons. The lowest BCUT2D eigenvalue weighted by atomic mass is 10.1. The van der Waals surface area contributed by atoms with Crippen LogP contribution in [-0.4, -0.2) is 35.3 Å². The van der Waals surface area contributed by atoms with Crippen LogP contribution >= 0.6 is 11.8 Å². The highest BCUT2D eigenvalue weighted by Gasteiger charge is 2.17. The number of imidazole rings is 1. The van der Waals surface area contributed by atoms with Gasteiger partial charge in [0.1, 0.15) is 16.6 Å². The van der Waals surface area contributed by atoms with Gasteiger partial charge in [0, 0.05) is 11.1 Å². The van der Waals surface area contributed by atoms with E-state index in [1.165, 1.54) is 11.8 Å². The number of benzene rings is 2. The third kappa shape index (κ3) is 5.59. The summed E-state index contributed by atoms with van der Waals surface area (Å²) in [5.74, 6) is 2.86. The molecule has 0 saturated carbocycles. The van der Waals surface area contributed by atoms with E-state index < -0.39 is 0 Å². The molecule has 0 spiro atoms. The van der Waals surface area contributed by atoms with Gasteiger partial charge < -0.3 is 24.2 Å². The zero-order valence-electron chi connectivity index (χ0n) is 18.5. The van der Waals surface area contributed by atoms with Gasteiger partial charge in [-0.2, -0.15) is 0 Å². The predicted octanol–water partition coefficient (Wildman–Crippen LogP) is 5.15. The number of nitrogens with zero attached hydrogens (tertiary/aromatic N) is 1. The molecule has 4 aromatic rings. The standard InChI is InChI=1S/C25H25N3O4S/c1-3-31-20-12-11-18(14-21(20)30-2)24-27-23(17-8-5-4-6-9-17)25(28-24)33-16-22(29)26-15-19-10-7-13-32-19/h4-14H,3,15-16H2,1-2H3,(H,26,29)(H,27,28). The number of hydrogen-bond donors (Lipinski definition) is 2. The van der Waals surface area contributed by atoms with E-state index >= 15 is 0 Å². The second-order valence-corrected chi connectivity index (χ2v) is 8.04. The van der Waals surface area contributed by atoms with Gasteiger partial charge >= 0.3 is 0 Å². The molecule has 2 heterocycles. The summed E-state index contributed by atoms with van der Waals surface area (Å²) in [6.45, 7) is 2.84. The van der Waals surface area contributed by atoms with Gasteiger partial charge in [-0.25, -0.2) is 4.98 Å². The second kappa shape index (κ2) is 10.8. The summed E-state index contributed by atoms with van der Waals surface area (Å²) in [6, 6.07) is 19.3. The summed E-state index contributed by atoms with van der Waals surface area (Å²) in [5.41, 5.74) is 2.72. The van der Waals surface area contributed by atoms with Crippen LogP contribution < -0.4 is 14.8 Å². The molecule has 0 unspecified atom stereocenters. The minimum Gasteiger partial charge on any atom is -0.493 e. The fraction of sp³-hybridized carbons (Fsp3) is 0.200. The van der Waals surface area contributed by atoms with Gasteiger partial charge in [0.2, 0.25) is 5.91 Å². The predicted molar refractivity (Wildman–Crippen MR) is 128 cm³/mol. The minimum absolute atomic E-state index is 0.0947. The third-order valence-electron chi connectivity index (χ3n) is 4.85. The molecule has 0 aliphatic rings. The first-order valence-corrected chi connectivity index (χ1v) is 11.5. The van der Waals surface area contributed by atoms with Gasteiger partial charge in [0.15, 0.2) is 11.5 Å². The van der Waals surface area contributed by atoms with Crippen LogP contribution in [0.5, 0.6) is 11.5 Å². The molecule has 0 aliphatic heterocycles. The van der Waals surface area contributed by atoms with Crippen molar-refractivity contribution in [3.8, 4) is 34.1 Å². The molecule has 4 rings (SSSR count). The van der Waals surface area contributed by atoms with E-state index in [-0.39, 0.29) is 11.7 Å². The first-order valence-electron chi connectivity index (χ1n) is 10.6. The Morgan fingerprint density at radius 3 is 2.67 bits per heavy atom. The van der Waals surface area contributed by atoms with Crippen LogP contribution in [0.4, 0.5) is 0 Å². The lowest BCUT2D eigenvalue weighted by molar-refractivity contribution is -0.118. The minimum atomic E-state index is -0.0947. The monoisotopic (exact) mass is 463 g/mol. The summed E-state index contributed by atoms with van der Waals surface area (Å²) in [6.07, 6.45) is 1.59. The number of ether oxygens (including phenoxy) is 2. The first kappa shape index (κ1) is 22.5. The van der Waals surface area contributed by atoms with Crippen molar-refractivity contribution < 1.29 is 18.7 Å². The topological polar surface area (TPSA) is 89.4 Å². The van der Waals surface area contributed by atoms with Crippen LogP contribution in [0.2, 0.25) is 0 Å². The van der Waals surface area contributed by atoms with Crippen molar-refractivity contribution in [2.75, 3.05) is 19.5 Å². The van der Waals surface area contributed by atoms with Crippen molar-refractivity contribution in [3.05, 3.63) is 72.7 Å². The van der Waals surface area contributed by atoms with E-state index in [4.69, 9.17) is 18.9 Å². The summed E-state index contributed by atoms with van der Waals surface area (Å²) in [7, 11) is 1.61. The van der Waals surface area contributed by atoms with Crippen LogP contribution in [0, 0.1) is 0 Å². The number of H-pyrrole nitrogens is 1. The third-order valence-corrected chi connectivity index (χ3v) is 5.83. The molecule has 2 N–H and O–H groups in total. The maximum Gasteiger partial charge on any atom is 0.230 e. The number of carbonyl (C=O) groups excluding carboxylic acids is 1. The molecule has 0 aliphatic carbocycles. The largest absolute Gasteiger partial charge is 0.493 e. The molecule has 0 fully saturated rings. The highest BCUT2D eigenvalue weighted by atomic mass is 32.2. The van der Waals surface area contributed by atoms with Crippen LogP contribution in [0.25, 0.3) is 22.6 Å². The van der Waals surface area contributed by atoms with Gasteiger partial charge in [0.25, 0.3) is 0 Å². The maximum atomic E-state index is 12.4. The molecule has 1 amide bonds. The number of aromatic nitrogens is 2. The fourth-order valence-corrected chi connectivity index (χ4v) is 4.11. The Morgan fingerprint density at radius 1 is 1.09 bits per heavy atom. The quantitative estimate of drug-likeness (QED) is 0.316. The average molecular weight is 464 g/mol. The molecule has 2 aromatic heterocycles. The van der Waals surface area contributed by atoms with Crippen LogP contribution in [0.1, 0.15) is 12.7 Å². The summed E-state index contributed by atoms with van der Waals surface area (Å²) < 4.78 is 16.4. The Labute approximate surface area is 196 Å². The molecular formula is C25H25N3O4S. The Bertz CT molecular complexity index is 1190. The van der Waals surface area contributed by atoms with Crippen molar-refractivity contribution in [1.82, 2.24) is 15.3 Å². The normalized spacial score (nSPS) is 10.7. The highest BCUT2D eigenvalue weighted by Crippen LogP contribution is 2.35. The highest BCUT2D eigenvalue weighted by molar-refractivity contribution is 8.00. The Morgan fingerprint density at radius 2 is 1.94 bits per heavy atom. The number of thioether (sulfide) groups is 1. The van der Waals surface area contributed by atoms with E-state index in [2.05, 4.69) is 10.3 Å². The molecule has 2 aromatic carbocycles. The smallest absolute Gasteiger partial charge is 0.230 e. The number of methoxy groups -OCH3 is 1. The van der Waals surface area contributed by atoms with Crippen molar-refractivity contribution in [2.24, 2.45) is 0 Å². The number of carbonyl (C=O) groups is 1. The number of amides is 1. The molecule has 7 nitrogen and oxygen atoms in total. The van der Waals surface area contributed by atoms with Crippen LogP contribution in [0.15, 0.2) is 76.4 Å². The van der Waals surface area contributed by atoms with E-state index in [1.54, 1.807) is 19.4 Å². The van der Waals surface area contributed by atoms with Gasteiger partial charge in [-0.1, -0.05) is 42.1 Å². The van der Waals surface area contributed by atoms with Gasteiger partial charge in [0.05, 0.1) is 38.0 Å². The van der Waals surface area contributed by atoms with Crippen molar-refractivity contribution in [1.29, 1.82) is 0 Å². The summed E-state index contributed by atoms with van der Waals surface area (Å²) >= 11 is 1.38. The van der Waals surface area contributed by atoms with E-state index in [0.29, 0.717) is 36.2 Å². The van der Waals surface area contributed by atoms with E-state index in [0.717, 1.165) is 21.8 Å². The molecule has 33 heavy (non-hydrogen) atoms. The van der Waals surface area contributed by atoms with Crippen LogP contribution in [0.3, 0.4) is 0 Å². The van der Waals surface area contributed by atoms with E-state index in [1.807, 2.05) is 61.5 Å². The molecule has 0 atom stereocenters. The van der Waals surface area contributed by atoms with Crippen molar-refractivity contribution in [3.63, 3.8) is 0 Å². The first-order chi connectivity index (χ1) is 16.2. The molecule has 0 radical (unpaired) electrons. The molecule has 0 bridgehead atoms. The number of rotatable bonds is 10. The van der Waals surface area contributed by atoms with Crippen molar-refractivity contribution >= 4 is 17.7 Å². The number of furan rings is 1. The maximum absolute atomic E-state index is 12.4. The van der Waals surface area contributed by atoms with Crippen molar-refractivity contribution in [2.45, 2.75) is 18.5 Å². The van der Waals surface area contributed by atoms with Gasteiger partial charge in [-0.15, -0.1) is 0 Å². The van der Waals surface area contributed by atoms with Crippen LogP contribution in [-0.2, 0) is 11.3 Å². The zero-order valence-corrected chi connectivity index (χ0v) is 19.3. The Hall–Kier alpha value is -3.65. The lowest BCUT2D eigenvalue weighted by Crippen LogP contribution is -2.24. The lowest BCUT2D eigenvalue weighted by Gasteiger charge is -2.10. The molecular weight excluding hydrogens is 438 g/mol. The number of aromatic amines is 1. The summed E-state index contributed by atoms with van der Waals surface area (Å²) in [5, 5.41) is 3.61. The SMILES string of the molecule is CCOc1ccc(-c2nc(SCC(=O)NCc3ccco3)c(-c3ccccc3)[nH]2)cc1OC. The molecule has 0 saturated heterocycles. The Balaban J connectivity index is 1.56. The summed E-state index contributed by atoms with van der Waals surface area (Å²) in [4.78, 5) is 20.6. The fourth-order valence-electron chi connectivity index (χ4n) is 3.27. The van der Waals surface area contributed by atoms with E-state index in [9.17, 15) is 4.79 Å². The Kier molecular flexibility index (Phi) is 7.36. The van der Waals surface area contributed by atoms with Gasteiger partial charge in [-0.3, -0.25) is 4.79 Å². The average Bonchev–Trinajstić information content (AvgIpc) is 3.52.